The van der Waals surface area contributed by atoms with Gasteiger partial charge in [-0.15, -0.1) is 0 Å². The van der Waals surface area contributed by atoms with Crippen LogP contribution in [0.25, 0.3) is 0 Å². The second-order valence-corrected chi connectivity index (χ2v) is 7.17. The maximum Gasteiger partial charge on any atom is 0.243 e. The lowest BCUT2D eigenvalue weighted by atomic mass is 10.1. The Morgan fingerprint density at radius 1 is 1.32 bits per heavy atom. The summed E-state index contributed by atoms with van der Waals surface area (Å²) in [6.45, 7) is 3.90. The molecule has 1 fully saturated rings. The molecular formula is C12H22N2O4S. The molecule has 0 aliphatic carbocycles. The first-order chi connectivity index (χ1) is 8.91. The molecule has 0 aromatic heterocycles. The van der Waals surface area contributed by atoms with Gasteiger partial charge >= 0.3 is 0 Å². The zero-order chi connectivity index (χ0) is 14.5. The highest BCUT2D eigenvalue weighted by molar-refractivity contribution is 7.91. The molecule has 6 nitrogen and oxygen atoms in total. The van der Waals surface area contributed by atoms with Gasteiger partial charge in [0.1, 0.15) is 15.9 Å². The minimum Gasteiger partial charge on any atom is -0.345 e. The Bertz CT molecular complexity index is 433. The van der Waals surface area contributed by atoms with Gasteiger partial charge in [0, 0.05) is 12.3 Å². The topological polar surface area (TPSA) is 83.6 Å². The summed E-state index contributed by atoms with van der Waals surface area (Å²) in [7, 11) is -3.02. The number of carbonyl (C=O) groups excluding carboxylic acids is 2. The first kappa shape index (κ1) is 15.9. The van der Waals surface area contributed by atoms with Crippen molar-refractivity contribution >= 4 is 21.7 Å². The molecule has 0 spiro atoms. The van der Waals surface area contributed by atoms with E-state index in [4.69, 9.17) is 0 Å². The second kappa shape index (κ2) is 6.88. The SMILES string of the molecule is CCCC1C(=O)NCC(=O)N1CCCS(=O)(=O)CC. The molecule has 1 heterocycles. The molecule has 7 heteroatoms. The summed E-state index contributed by atoms with van der Waals surface area (Å²) in [6.07, 6.45) is 1.79. The van der Waals surface area contributed by atoms with Gasteiger partial charge in [0.2, 0.25) is 11.8 Å². The largest absolute Gasteiger partial charge is 0.345 e. The van der Waals surface area contributed by atoms with E-state index in [9.17, 15) is 18.0 Å². The van der Waals surface area contributed by atoms with Crippen molar-refractivity contribution < 1.29 is 18.0 Å². The fourth-order valence-electron chi connectivity index (χ4n) is 2.14. The minimum atomic E-state index is -3.02. The minimum absolute atomic E-state index is 0.0135. The molecule has 1 rings (SSSR count). The molecule has 1 aliphatic rings. The molecule has 0 radical (unpaired) electrons. The van der Waals surface area contributed by atoms with Crippen LogP contribution < -0.4 is 5.32 Å². The van der Waals surface area contributed by atoms with E-state index in [0.29, 0.717) is 19.4 Å². The van der Waals surface area contributed by atoms with E-state index in [1.165, 1.54) is 4.90 Å². The number of amides is 2. The summed E-state index contributed by atoms with van der Waals surface area (Å²) < 4.78 is 22.8. The van der Waals surface area contributed by atoms with Crippen LogP contribution in [0.1, 0.15) is 33.1 Å². The average molecular weight is 290 g/mol. The van der Waals surface area contributed by atoms with Gasteiger partial charge in [-0.3, -0.25) is 9.59 Å². The summed E-state index contributed by atoms with van der Waals surface area (Å²) >= 11 is 0. The summed E-state index contributed by atoms with van der Waals surface area (Å²) in [6, 6.07) is -0.449. The number of nitrogens with one attached hydrogen (secondary N) is 1. The lowest BCUT2D eigenvalue weighted by molar-refractivity contribution is -0.145. The number of hydrogen-bond acceptors (Lipinski definition) is 4. The van der Waals surface area contributed by atoms with E-state index in [1.807, 2.05) is 6.92 Å². The van der Waals surface area contributed by atoms with Crippen molar-refractivity contribution in [2.24, 2.45) is 0 Å². The van der Waals surface area contributed by atoms with Gasteiger partial charge < -0.3 is 10.2 Å². The first-order valence-electron chi connectivity index (χ1n) is 6.69. The smallest absolute Gasteiger partial charge is 0.243 e. The van der Waals surface area contributed by atoms with Gasteiger partial charge in [0.25, 0.3) is 0 Å². The molecule has 1 N–H and O–H groups in total. The van der Waals surface area contributed by atoms with Crippen LogP contribution in [0.5, 0.6) is 0 Å². The first-order valence-corrected chi connectivity index (χ1v) is 8.51. The normalized spacial score (nSPS) is 20.5. The average Bonchev–Trinajstić information content (AvgIpc) is 2.37. The molecule has 1 atom stereocenters. The standard InChI is InChI=1S/C12H22N2O4S/c1-3-6-10-12(16)13-9-11(15)14(10)7-5-8-19(17,18)4-2/h10H,3-9H2,1-2H3,(H,13,16). The third-order valence-corrected chi connectivity index (χ3v) is 5.06. The highest BCUT2D eigenvalue weighted by Gasteiger charge is 2.33. The van der Waals surface area contributed by atoms with Crippen LogP contribution in [0, 0.1) is 0 Å². The van der Waals surface area contributed by atoms with E-state index in [0.717, 1.165) is 6.42 Å². The van der Waals surface area contributed by atoms with Crippen LogP contribution >= 0.6 is 0 Å². The number of hydrogen-bond donors (Lipinski definition) is 1. The molecular weight excluding hydrogens is 268 g/mol. The number of carbonyl (C=O) groups is 2. The number of rotatable bonds is 7. The van der Waals surface area contributed by atoms with Crippen LogP contribution in [0.4, 0.5) is 0 Å². The van der Waals surface area contributed by atoms with Gasteiger partial charge in [-0.25, -0.2) is 8.42 Å². The van der Waals surface area contributed by atoms with Crippen molar-refractivity contribution in [1.29, 1.82) is 0 Å². The van der Waals surface area contributed by atoms with Gasteiger partial charge in [-0.1, -0.05) is 20.3 Å². The molecule has 0 aromatic carbocycles. The van der Waals surface area contributed by atoms with Crippen LogP contribution in [-0.2, 0) is 19.4 Å². The number of sulfone groups is 1. The monoisotopic (exact) mass is 290 g/mol. The van der Waals surface area contributed by atoms with Gasteiger partial charge in [-0.05, 0) is 12.8 Å². The summed E-state index contributed by atoms with van der Waals surface area (Å²) in [5.74, 6) is -0.0974. The molecule has 1 aliphatic heterocycles. The van der Waals surface area contributed by atoms with Crippen molar-refractivity contribution in [3.8, 4) is 0 Å². The van der Waals surface area contributed by atoms with Crippen molar-refractivity contribution in [3.05, 3.63) is 0 Å². The van der Waals surface area contributed by atoms with Crippen molar-refractivity contribution in [2.75, 3.05) is 24.6 Å². The second-order valence-electron chi connectivity index (χ2n) is 4.70. The Morgan fingerprint density at radius 2 is 2.00 bits per heavy atom. The molecule has 0 aromatic rings. The van der Waals surface area contributed by atoms with Crippen LogP contribution in [-0.4, -0.2) is 55.8 Å². The zero-order valence-corrected chi connectivity index (χ0v) is 12.3. The highest BCUT2D eigenvalue weighted by atomic mass is 32.2. The Balaban J connectivity index is 2.61. The van der Waals surface area contributed by atoms with E-state index >= 15 is 0 Å². The van der Waals surface area contributed by atoms with Crippen molar-refractivity contribution in [3.63, 3.8) is 0 Å². The Kier molecular flexibility index (Phi) is 5.78. The summed E-state index contributed by atoms with van der Waals surface area (Å²) in [5.41, 5.74) is 0. The lowest BCUT2D eigenvalue weighted by Crippen LogP contribution is -2.58. The molecule has 1 unspecified atom stereocenters. The molecule has 0 bridgehead atoms. The molecule has 2 amide bonds. The predicted octanol–water partition coefficient (Wildman–Crippen LogP) is -0.0617. The molecule has 110 valence electrons. The predicted molar refractivity (Wildman–Crippen MR) is 72.4 cm³/mol. The number of nitrogens with zero attached hydrogens (tertiary/aromatic N) is 1. The maximum absolute atomic E-state index is 11.8. The molecule has 0 saturated carbocycles. The fraction of sp³-hybridized carbons (Fsp3) is 0.833. The highest BCUT2D eigenvalue weighted by Crippen LogP contribution is 2.12. The number of piperazine rings is 1. The lowest BCUT2D eigenvalue weighted by Gasteiger charge is -2.34. The van der Waals surface area contributed by atoms with E-state index in [-0.39, 0.29) is 29.9 Å². The Morgan fingerprint density at radius 3 is 2.58 bits per heavy atom. The Hall–Kier alpha value is -1.11. The van der Waals surface area contributed by atoms with Crippen LogP contribution in [0.3, 0.4) is 0 Å². The fourth-order valence-corrected chi connectivity index (χ4v) is 3.00. The van der Waals surface area contributed by atoms with Gasteiger partial charge in [0.05, 0.1) is 12.3 Å². The Labute approximate surface area is 114 Å². The third kappa shape index (κ3) is 4.49. The van der Waals surface area contributed by atoms with E-state index in [2.05, 4.69) is 5.32 Å². The van der Waals surface area contributed by atoms with Crippen molar-refractivity contribution in [1.82, 2.24) is 10.2 Å². The van der Waals surface area contributed by atoms with E-state index < -0.39 is 15.9 Å². The summed E-state index contributed by atoms with van der Waals surface area (Å²) in [5, 5.41) is 2.57. The van der Waals surface area contributed by atoms with Gasteiger partial charge in [-0.2, -0.15) is 0 Å². The molecule has 19 heavy (non-hydrogen) atoms. The third-order valence-electron chi connectivity index (χ3n) is 3.27. The summed E-state index contributed by atoms with van der Waals surface area (Å²) in [4.78, 5) is 25.1. The quantitative estimate of drug-likeness (QED) is 0.712. The van der Waals surface area contributed by atoms with Crippen molar-refractivity contribution in [2.45, 2.75) is 39.2 Å². The van der Waals surface area contributed by atoms with Crippen LogP contribution in [0.2, 0.25) is 0 Å². The molecule has 1 saturated heterocycles. The van der Waals surface area contributed by atoms with E-state index in [1.54, 1.807) is 6.92 Å². The van der Waals surface area contributed by atoms with Gasteiger partial charge in [0.15, 0.2) is 0 Å². The maximum atomic E-state index is 11.8. The van der Waals surface area contributed by atoms with Crippen LogP contribution in [0.15, 0.2) is 0 Å². The zero-order valence-electron chi connectivity index (χ0n) is 11.5.